The summed E-state index contributed by atoms with van der Waals surface area (Å²) in [5.74, 6) is -0.338. The van der Waals surface area contributed by atoms with Crippen molar-refractivity contribution in [2.75, 3.05) is 13.7 Å². The quantitative estimate of drug-likeness (QED) is 0.569. The van der Waals surface area contributed by atoms with E-state index in [0.717, 1.165) is 0 Å². The van der Waals surface area contributed by atoms with Crippen LogP contribution in [0.15, 0.2) is 11.8 Å². The molecule has 1 heterocycles. The van der Waals surface area contributed by atoms with E-state index in [4.69, 9.17) is 9.47 Å². The number of methoxy groups -OCH3 is 1. The molecule has 0 saturated carbocycles. The Kier molecular flexibility index (Phi) is 4.76. The molecule has 0 N–H and O–H groups in total. The molecule has 1 rings (SSSR count). The average Bonchev–Trinajstić information content (AvgIpc) is 2.62. The van der Waals surface area contributed by atoms with Gasteiger partial charge in [-0.1, -0.05) is 0 Å². The first kappa shape index (κ1) is 14.5. The van der Waals surface area contributed by atoms with Crippen LogP contribution in [0.4, 0.5) is 0 Å². The van der Waals surface area contributed by atoms with Crippen molar-refractivity contribution in [1.82, 2.24) is 0 Å². The third-order valence-electron chi connectivity index (χ3n) is 2.45. The number of hydrogen-bond donors (Lipinski definition) is 0. The van der Waals surface area contributed by atoms with Crippen LogP contribution >= 0.6 is 0 Å². The molecular weight excluding hydrogens is 236 g/mol. The second-order valence-electron chi connectivity index (χ2n) is 5.19. The lowest BCUT2D eigenvalue weighted by atomic mass is 10.0. The van der Waals surface area contributed by atoms with Crippen LogP contribution in [0.3, 0.4) is 0 Å². The van der Waals surface area contributed by atoms with Crippen LogP contribution in [0.5, 0.6) is 0 Å². The van der Waals surface area contributed by atoms with Gasteiger partial charge in [-0.05, 0) is 27.2 Å². The van der Waals surface area contributed by atoms with Crippen LogP contribution in [0.2, 0.25) is 0 Å². The van der Waals surface area contributed by atoms with Crippen molar-refractivity contribution < 1.29 is 23.8 Å². The van der Waals surface area contributed by atoms with Crippen LogP contribution in [0.25, 0.3) is 0 Å². The maximum Gasteiger partial charge on any atom is 0.334 e. The summed E-state index contributed by atoms with van der Waals surface area (Å²) in [7, 11) is 1.34. The molecule has 1 atom stereocenters. The zero-order valence-electron chi connectivity index (χ0n) is 11.3. The zero-order chi connectivity index (χ0) is 13.8. The monoisotopic (exact) mass is 256 g/mol. The molecule has 1 saturated heterocycles. The lowest BCUT2D eigenvalue weighted by Gasteiger charge is -2.18. The molecule has 1 aliphatic rings. The van der Waals surface area contributed by atoms with E-state index in [0.29, 0.717) is 18.8 Å². The molecule has 0 spiro atoms. The number of carbonyl (C=O) groups is 2. The number of hydrogen-bond acceptors (Lipinski definition) is 5. The van der Waals surface area contributed by atoms with Crippen LogP contribution in [0, 0.1) is 5.92 Å². The van der Waals surface area contributed by atoms with E-state index in [1.807, 2.05) is 0 Å². The highest BCUT2D eigenvalue weighted by Crippen LogP contribution is 2.28. The molecule has 0 aliphatic carbocycles. The van der Waals surface area contributed by atoms with Crippen molar-refractivity contribution >= 4 is 11.9 Å². The first-order chi connectivity index (χ1) is 8.31. The predicted molar refractivity (Wildman–Crippen MR) is 64.6 cm³/mol. The molecule has 5 heteroatoms. The van der Waals surface area contributed by atoms with E-state index in [1.165, 1.54) is 13.2 Å². The summed E-state index contributed by atoms with van der Waals surface area (Å²) in [6.07, 6.45) is 2.26. The number of ether oxygens (including phenoxy) is 3. The van der Waals surface area contributed by atoms with Gasteiger partial charge in [0.25, 0.3) is 0 Å². The number of esters is 2. The maximum absolute atomic E-state index is 11.6. The Morgan fingerprint density at radius 1 is 1.44 bits per heavy atom. The first-order valence-electron chi connectivity index (χ1n) is 5.96. The molecular formula is C13H20O5. The second-order valence-corrected chi connectivity index (χ2v) is 5.19. The van der Waals surface area contributed by atoms with Gasteiger partial charge in [0.15, 0.2) is 0 Å². The van der Waals surface area contributed by atoms with Gasteiger partial charge in [0.2, 0.25) is 0 Å². The number of allylic oxidation sites excluding steroid dienone is 1. The standard InChI is InChI=1S/C13H20O5/c1-13(2,3)18-12(15)8-10-9(5-6-17-10)7-11(14)16-4/h8-9H,5-7H2,1-4H3/b10-8+. The Balaban J connectivity index is 2.63. The van der Waals surface area contributed by atoms with Crippen molar-refractivity contribution in [2.45, 2.75) is 39.2 Å². The van der Waals surface area contributed by atoms with E-state index < -0.39 is 11.6 Å². The average molecular weight is 256 g/mol. The fourth-order valence-corrected chi connectivity index (χ4v) is 1.67. The molecule has 0 amide bonds. The zero-order valence-corrected chi connectivity index (χ0v) is 11.3. The topological polar surface area (TPSA) is 61.8 Å². The summed E-state index contributed by atoms with van der Waals surface area (Å²) in [5, 5.41) is 0. The summed E-state index contributed by atoms with van der Waals surface area (Å²) in [6, 6.07) is 0. The fourth-order valence-electron chi connectivity index (χ4n) is 1.67. The van der Waals surface area contributed by atoms with Crippen molar-refractivity contribution in [3.8, 4) is 0 Å². The van der Waals surface area contributed by atoms with Gasteiger partial charge in [0.05, 0.1) is 26.2 Å². The smallest absolute Gasteiger partial charge is 0.334 e. The second kappa shape index (κ2) is 5.89. The van der Waals surface area contributed by atoms with E-state index in [1.54, 1.807) is 20.8 Å². The van der Waals surface area contributed by atoms with E-state index in [2.05, 4.69) is 4.74 Å². The summed E-state index contributed by atoms with van der Waals surface area (Å²) in [5.41, 5.74) is -0.537. The van der Waals surface area contributed by atoms with Crippen molar-refractivity contribution in [2.24, 2.45) is 5.92 Å². The van der Waals surface area contributed by atoms with Gasteiger partial charge in [0.1, 0.15) is 11.4 Å². The highest BCUT2D eigenvalue weighted by molar-refractivity contribution is 5.83. The van der Waals surface area contributed by atoms with Crippen LogP contribution in [0.1, 0.15) is 33.6 Å². The van der Waals surface area contributed by atoms with Crippen molar-refractivity contribution in [3.05, 3.63) is 11.8 Å². The van der Waals surface area contributed by atoms with Crippen LogP contribution < -0.4 is 0 Å². The van der Waals surface area contributed by atoms with Crippen molar-refractivity contribution in [1.29, 1.82) is 0 Å². The largest absolute Gasteiger partial charge is 0.497 e. The molecule has 0 aromatic rings. The lowest BCUT2D eigenvalue weighted by Crippen LogP contribution is -2.23. The maximum atomic E-state index is 11.6. The number of carbonyl (C=O) groups excluding carboxylic acids is 2. The minimum Gasteiger partial charge on any atom is -0.497 e. The highest BCUT2D eigenvalue weighted by Gasteiger charge is 2.27. The molecule has 1 unspecified atom stereocenters. The third-order valence-corrected chi connectivity index (χ3v) is 2.45. The molecule has 18 heavy (non-hydrogen) atoms. The molecule has 0 aromatic carbocycles. The minimum absolute atomic E-state index is 0.0926. The van der Waals surface area contributed by atoms with Crippen molar-refractivity contribution in [3.63, 3.8) is 0 Å². The van der Waals surface area contributed by atoms with E-state index in [9.17, 15) is 9.59 Å². The van der Waals surface area contributed by atoms with E-state index >= 15 is 0 Å². The van der Waals surface area contributed by atoms with Crippen LogP contribution in [-0.4, -0.2) is 31.3 Å². The Bertz CT molecular complexity index is 351. The highest BCUT2D eigenvalue weighted by atomic mass is 16.6. The van der Waals surface area contributed by atoms with Gasteiger partial charge in [-0.2, -0.15) is 0 Å². The van der Waals surface area contributed by atoms with Gasteiger partial charge in [-0.3, -0.25) is 4.79 Å². The summed E-state index contributed by atoms with van der Waals surface area (Å²) < 4.78 is 15.1. The van der Waals surface area contributed by atoms with Gasteiger partial charge < -0.3 is 14.2 Å². The molecule has 0 radical (unpaired) electrons. The SMILES string of the molecule is COC(=O)CC1CCO/C1=C/C(=O)OC(C)(C)C. The molecule has 1 fully saturated rings. The van der Waals surface area contributed by atoms with E-state index in [-0.39, 0.29) is 18.3 Å². The van der Waals surface area contributed by atoms with Gasteiger partial charge in [0, 0.05) is 5.92 Å². The Morgan fingerprint density at radius 2 is 2.11 bits per heavy atom. The van der Waals surface area contributed by atoms with Gasteiger partial charge >= 0.3 is 11.9 Å². The van der Waals surface area contributed by atoms with Gasteiger partial charge in [-0.15, -0.1) is 0 Å². The molecule has 0 bridgehead atoms. The molecule has 0 aromatic heterocycles. The Hall–Kier alpha value is -1.52. The Morgan fingerprint density at radius 3 is 2.67 bits per heavy atom. The molecule has 1 aliphatic heterocycles. The minimum atomic E-state index is -0.537. The third kappa shape index (κ3) is 4.77. The van der Waals surface area contributed by atoms with Gasteiger partial charge in [-0.25, -0.2) is 4.79 Å². The fraction of sp³-hybridized carbons (Fsp3) is 0.692. The normalized spacial score (nSPS) is 21.6. The summed E-state index contributed by atoms with van der Waals surface area (Å²) in [4.78, 5) is 22.8. The summed E-state index contributed by atoms with van der Waals surface area (Å²) >= 11 is 0. The first-order valence-corrected chi connectivity index (χ1v) is 5.96. The Labute approximate surface area is 107 Å². The predicted octanol–water partition coefficient (Wildman–Crippen LogP) is 1.81. The lowest BCUT2D eigenvalue weighted by molar-refractivity contribution is -0.149. The molecule has 102 valence electrons. The summed E-state index contributed by atoms with van der Waals surface area (Å²) in [6.45, 7) is 5.90. The molecule has 5 nitrogen and oxygen atoms in total. The van der Waals surface area contributed by atoms with Crippen LogP contribution in [-0.2, 0) is 23.8 Å². The number of rotatable bonds is 3.